The Balaban J connectivity index is 0.00000162. The average molecular weight is 327 g/mol. The predicted octanol–water partition coefficient (Wildman–Crippen LogP) is 1.74. The minimum Gasteiger partial charge on any atom is -0.314 e. The summed E-state index contributed by atoms with van der Waals surface area (Å²) < 4.78 is 0. The second-order valence-electron chi connectivity index (χ2n) is 4.35. The van der Waals surface area contributed by atoms with Crippen LogP contribution in [0.3, 0.4) is 0 Å². The lowest BCUT2D eigenvalue weighted by Crippen LogP contribution is -2.49. The van der Waals surface area contributed by atoms with E-state index >= 15 is 0 Å². The largest absolute Gasteiger partial charge is 0.314 e. The Labute approximate surface area is 130 Å². The fourth-order valence-corrected chi connectivity index (χ4v) is 2.66. The van der Waals surface area contributed by atoms with Crippen molar-refractivity contribution in [1.29, 1.82) is 0 Å². The molecular weight excluding hydrogens is 307 g/mol. The number of thiazole rings is 1. The number of rotatable bonds is 3. The minimum atomic E-state index is -0.0681. The van der Waals surface area contributed by atoms with Crippen molar-refractivity contribution in [3.63, 3.8) is 0 Å². The molecule has 0 aliphatic carbocycles. The van der Waals surface area contributed by atoms with Crippen LogP contribution >= 0.6 is 36.2 Å². The zero-order chi connectivity index (χ0) is 12.3. The summed E-state index contributed by atoms with van der Waals surface area (Å²) >= 11 is 1.48. The summed E-state index contributed by atoms with van der Waals surface area (Å²) in [5.74, 6) is -0.0681. The Morgan fingerprint density at radius 2 is 2.37 bits per heavy atom. The smallest absolute Gasteiger partial charge is 0.223 e. The summed E-state index contributed by atoms with van der Waals surface area (Å²) in [6.45, 7) is 7.69. The number of amides is 1. The highest BCUT2D eigenvalue weighted by molar-refractivity contribution is 7.13. The van der Waals surface area contributed by atoms with E-state index in [1.807, 2.05) is 5.38 Å². The van der Waals surface area contributed by atoms with E-state index in [2.05, 4.69) is 27.4 Å². The summed E-state index contributed by atoms with van der Waals surface area (Å²) in [6.07, 6.45) is 0. The van der Waals surface area contributed by atoms with Crippen molar-refractivity contribution in [2.24, 2.45) is 0 Å². The van der Waals surface area contributed by atoms with Gasteiger partial charge < -0.3 is 10.6 Å². The molecular formula is C11H20Cl2N4OS. The van der Waals surface area contributed by atoms with E-state index < -0.39 is 0 Å². The first kappa shape index (κ1) is 18.6. The molecule has 0 bridgehead atoms. The maximum Gasteiger partial charge on any atom is 0.223 e. The van der Waals surface area contributed by atoms with Gasteiger partial charge in [0.1, 0.15) is 0 Å². The van der Waals surface area contributed by atoms with Crippen molar-refractivity contribution in [1.82, 2.24) is 15.2 Å². The predicted molar refractivity (Wildman–Crippen MR) is 83.7 cm³/mol. The molecule has 1 amide bonds. The fourth-order valence-electron chi connectivity index (χ4n) is 1.91. The maximum absolute atomic E-state index is 10.9. The van der Waals surface area contributed by atoms with Gasteiger partial charge in [-0.25, -0.2) is 4.98 Å². The average Bonchev–Trinajstić information content (AvgIpc) is 2.68. The molecule has 1 aromatic heterocycles. The van der Waals surface area contributed by atoms with Gasteiger partial charge in [0.15, 0.2) is 5.13 Å². The maximum atomic E-state index is 10.9. The number of nitrogens with zero attached hydrogens (tertiary/aromatic N) is 2. The van der Waals surface area contributed by atoms with E-state index in [1.165, 1.54) is 18.3 Å². The van der Waals surface area contributed by atoms with Crippen LogP contribution in [0.4, 0.5) is 5.13 Å². The number of halogens is 2. The third-order valence-electron chi connectivity index (χ3n) is 2.84. The summed E-state index contributed by atoms with van der Waals surface area (Å²) in [4.78, 5) is 17.7. The van der Waals surface area contributed by atoms with Gasteiger partial charge in [0.05, 0.1) is 5.69 Å². The van der Waals surface area contributed by atoms with Crippen molar-refractivity contribution >= 4 is 47.2 Å². The first-order chi connectivity index (χ1) is 8.15. The Bertz CT molecular complexity index is 402. The zero-order valence-corrected chi connectivity index (χ0v) is 13.5. The van der Waals surface area contributed by atoms with Crippen LogP contribution in [-0.2, 0) is 11.3 Å². The van der Waals surface area contributed by atoms with Crippen LogP contribution < -0.4 is 10.6 Å². The van der Waals surface area contributed by atoms with Gasteiger partial charge in [0.25, 0.3) is 0 Å². The third kappa shape index (κ3) is 5.62. The van der Waals surface area contributed by atoms with Crippen molar-refractivity contribution in [2.45, 2.75) is 26.4 Å². The molecule has 1 saturated heterocycles. The van der Waals surface area contributed by atoms with E-state index in [0.29, 0.717) is 11.2 Å². The minimum absolute atomic E-state index is 0. The van der Waals surface area contributed by atoms with Crippen LogP contribution in [0.25, 0.3) is 0 Å². The highest BCUT2D eigenvalue weighted by atomic mass is 35.5. The van der Waals surface area contributed by atoms with Gasteiger partial charge in [0, 0.05) is 44.5 Å². The lowest BCUT2D eigenvalue weighted by molar-refractivity contribution is -0.114. The van der Waals surface area contributed by atoms with Gasteiger partial charge in [-0.2, -0.15) is 0 Å². The van der Waals surface area contributed by atoms with Crippen LogP contribution in [0.2, 0.25) is 0 Å². The molecule has 0 spiro atoms. The lowest BCUT2D eigenvalue weighted by Gasteiger charge is -2.33. The molecule has 2 heterocycles. The number of nitrogens with one attached hydrogen (secondary N) is 2. The molecule has 1 aromatic rings. The summed E-state index contributed by atoms with van der Waals surface area (Å²) in [5.41, 5.74) is 1.03. The molecule has 1 unspecified atom stereocenters. The monoisotopic (exact) mass is 326 g/mol. The molecule has 1 aliphatic heterocycles. The number of anilines is 1. The lowest BCUT2D eigenvalue weighted by atomic mass is 10.2. The van der Waals surface area contributed by atoms with Gasteiger partial charge in [-0.15, -0.1) is 36.2 Å². The number of hydrogen-bond donors (Lipinski definition) is 2. The highest BCUT2D eigenvalue weighted by Gasteiger charge is 2.18. The molecule has 2 rings (SSSR count). The van der Waals surface area contributed by atoms with Gasteiger partial charge in [0.2, 0.25) is 5.91 Å². The molecule has 8 heteroatoms. The second kappa shape index (κ2) is 8.71. The van der Waals surface area contributed by atoms with Crippen molar-refractivity contribution in [3.05, 3.63) is 11.1 Å². The molecule has 110 valence electrons. The number of hydrogen-bond acceptors (Lipinski definition) is 5. The van der Waals surface area contributed by atoms with Crippen LogP contribution in [0.15, 0.2) is 5.38 Å². The van der Waals surface area contributed by atoms with Crippen LogP contribution in [0, 0.1) is 0 Å². The molecule has 1 fully saturated rings. The van der Waals surface area contributed by atoms with Crippen LogP contribution in [0.5, 0.6) is 0 Å². The molecule has 1 aliphatic rings. The van der Waals surface area contributed by atoms with E-state index in [4.69, 9.17) is 0 Å². The van der Waals surface area contributed by atoms with E-state index in [9.17, 15) is 4.79 Å². The Morgan fingerprint density at radius 3 is 3.00 bits per heavy atom. The molecule has 5 nitrogen and oxygen atoms in total. The topological polar surface area (TPSA) is 57.3 Å². The van der Waals surface area contributed by atoms with Gasteiger partial charge in [-0.05, 0) is 6.92 Å². The summed E-state index contributed by atoms with van der Waals surface area (Å²) in [7, 11) is 0. The SMILES string of the molecule is CC(=O)Nc1nc(CN2CCNCC2C)cs1.Cl.Cl. The third-order valence-corrected chi connectivity index (χ3v) is 3.65. The Kier molecular flexibility index (Phi) is 8.52. The first-order valence-electron chi connectivity index (χ1n) is 5.82. The summed E-state index contributed by atoms with van der Waals surface area (Å²) in [6, 6.07) is 0.537. The number of aromatic nitrogens is 1. The van der Waals surface area contributed by atoms with Crippen LogP contribution in [-0.4, -0.2) is 41.5 Å². The number of carbonyl (C=O) groups is 1. The summed E-state index contributed by atoms with van der Waals surface area (Å²) in [5, 5.41) is 8.78. The molecule has 19 heavy (non-hydrogen) atoms. The Hall–Kier alpha value is -0.400. The molecule has 0 radical (unpaired) electrons. The number of piperazine rings is 1. The van der Waals surface area contributed by atoms with Crippen molar-refractivity contribution < 1.29 is 4.79 Å². The van der Waals surface area contributed by atoms with E-state index in [-0.39, 0.29) is 30.7 Å². The quantitative estimate of drug-likeness (QED) is 0.888. The van der Waals surface area contributed by atoms with E-state index in [1.54, 1.807) is 0 Å². The van der Waals surface area contributed by atoms with Gasteiger partial charge in [-0.1, -0.05) is 0 Å². The fraction of sp³-hybridized carbons (Fsp3) is 0.636. The van der Waals surface area contributed by atoms with Gasteiger partial charge in [-0.3, -0.25) is 9.69 Å². The van der Waals surface area contributed by atoms with Crippen molar-refractivity contribution in [2.75, 3.05) is 25.0 Å². The highest BCUT2D eigenvalue weighted by Crippen LogP contribution is 2.17. The van der Waals surface area contributed by atoms with Crippen LogP contribution in [0.1, 0.15) is 19.5 Å². The van der Waals surface area contributed by atoms with Crippen molar-refractivity contribution in [3.8, 4) is 0 Å². The first-order valence-corrected chi connectivity index (χ1v) is 6.70. The normalized spacial score (nSPS) is 19.2. The molecule has 0 saturated carbocycles. The molecule has 1 atom stereocenters. The van der Waals surface area contributed by atoms with Gasteiger partial charge >= 0.3 is 0 Å². The standard InChI is InChI=1S/C11H18N4OS.2ClH/c1-8-5-12-3-4-15(8)6-10-7-17-11(14-10)13-9(2)16;;/h7-8,12H,3-6H2,1-2H3,(H,13,14,16);2*1H. The Morgan fingerprint density at radius 1 is 1.63 bits per heavy atom. The molecule has 0 aromatic carbocycles. The molecule has 2 N–H and O–H groups in total. The number of carbonyl (C=O) groups excluding carboxylic acids is 1. The second-order valence-corrected chi connectivity index (χ2v) is 5.21. The zero-order valence-electron chi connectivity index (χ0n) is 11.0. The van der Waals surface area contributed by atoms with E-state index in [0.717, 1.165) is 31.9 Å².